The van der Waals surface area contributed by atoms with Gasteiger partial charge in [0.15, 0.2) is 5.82 Å². The summed E-state index contributed by atoms with van der Waals surface area (Å²) in [6.45, 7) is 0. The van der Waals surface area contributed by atoms with Gasteiger partial charge in [-0.05, 0) is 12.1 Å². The van der Waals surface area contributed by atoms with Crippen LogP contribution in [0.2, 0.25) is 0 Å². The Morgan fingerprint density at radius 2 is 2.12 bits per heavy atom. The third kappa shape index (κ3) is 2.22. The molecule has 1 heterocycles. The largest absolute Gasteiger partial charge is 0.260 e. The number of anilines is 1. The zero-order valence-corrected chi connectivity index (χ0v) is 8.25. The summed E-state index contributed by atoms with van der Waals surface area (Å²) in [7, 11) is 0. The molecule has 0 bridgehead atoms. The van der Waals surface area contributed by atoms with Crippen LogP contribution >= 0.6 is 0 Å². The Bertz CT molecular complexity index is 522. The van der Waals surface area contributed by atoms with Crippen molar-refractivity contribution in [2.75, 3.05) is 5.43 Å². The number of nitriles is 1. The van der Waals surface area contributed by atoms with E-state index >= 15 is 0 Å². The van der Waals surface area contributed by atoms with Crippen molar-refractivity contribution in [3.05, 3.63) is 42.1 Å². The first-order valence-electron chi connectivity index (χ1n) is 4.55. The highest BCUT2D eigenvalue weighted by Gasteiger charge is 2.01. The topological polar surface area (TPSA) is 89.2 Å². The molecular formula is C10H8N6. The van der Waals surface area contributed by atoms with Gasteiger partial charge in [-0.2, -0.15) is 10.4 Å². The maximum absolute atomic E-state index is 8.69. The Kier molecular flexibility index (Phi) is 2.90. The van der Waals surface area contributed by atoms with Crippen LogP contribution in [0.1, 0.15) is 5.56 Å². The summed E-state index contributed by atoms with van der Waals surface area (Å²) in [5.41, 5.74) is 3.92. The van der Waals surface area contributed by atoms with E-state index in [0.29, 0.717) is 11.4 Å². The number of aromatic amines is 1. The predicted molar refractivity (Wildman–Crippen MR) is 57.9 cm³/mol. The van der Waals surface area contributed by atoms with Gasteiger partial charge in [-0.1, -0.05) is 23.4 Å². The van der Waals surface area contributed by atoms with Gasteiger partial charge in [0.05, 0.1) is 11.9 Å². The first kappa shape index (κ1) is 9.86. The molecule has 2 aromatic rings. The maximum atomic E-state index is 8.69. The Labute approximate surface area is 91.6 Å². The SMILES string of the molecule is N#Cc1cn[nH]c1N=NNc1ccccc1. The lowest BCUT2D eigenvalue weighted by Gasteiger charge is -1.95. The van der Waals surface area contributed by atoms with Gasteiger partial charge < -0.3 is 0 Å². The monoisotopic (exact) mass is 212 g/mol. The van der Waals surface area contributed by atoms with Crippen LogP contribution in [0, 0.1) is 11.3 Å². The molecule has 0 spiro atoms. The molecule has 2 rings (SSSR count). The molecule has 0 unspecified atom stereocenters. The molecule has 0 saturated carbocycles. The van der Waals surface area contributed by atoms with Gasteiger partial charge in [-0.25, -0.2) is 0 Å². The summed E-state index contributed by atoms with van der Waals surface area (Å²) < 4.78 is 0. The minimum absolute atomic E-state index is 0.339. The summed E-state index contributed by atoms with van der Waals surface area (Å²) >= 11 is 0. The highest BCUT2D eigenvalue weighted by molar-refractivity contribution is 5.45. The Morgan fingerprint density at radius 3 is 2.88 bits per heavy atom. The van der Waals surface area contributed by atoms with Gasteiger partial charge in [-0.15, -0.1) is 5.11 Å². The smallest absolute Gasteiger partial charge is 0.190 e. The molecule has 0 fully saturated rings. The molecule has 0 radical (unpaired) electrons. The van der Waals surface area contributed by atoms with E-state index in [-0.39, 0.29) is 0 Å². The van der Waals surface area contributed by atoms with Crippen molar-refractivity contribution >= 4 is 11.5 Å². The number of H-pyrrole nitrogens is 1. The van der Waals surface area contributed by atoms with Crippen molar-refractivity contribution in [1.82, 2.24) is 10.2 Å². The van der Waals surface area contributed by atoms with Crippen LogP contribution in [-0.2, 0) is 0 Å². The lowest BCUT2D eigenvalue weighted by molar-refractivity contribution is 1.03. The third-order valence-corrected chi connectivity index (χ3v) is 1.84. The molecule has 0 aliphatic carbocycles. The summed E-state index contributed by atoms with van der Waals surface area (Å²) in [6, 6.07) is 11.3. The standard InChI is InChI=1S/C10H8N6/c11-6-8-7-12-14-10(8)15-16-13-9-4-2-1-3-5-9/h1-5,7H,(H2,12,13,14,15). The van der Waals surface area contributed by atoms with E-state index in [9.17, 15) is 0 Å². The summed E-state index contributed by atoms with van der Waals surface area (Å²) in [4.78, 5) is 0. The van der Waals surface area contributed by atoms with Gasteiger partial charge in [0.1, 0.15) is 11.6 Å². The van der Waals surface area contributed by atoms with Crippen molar-refractivity contribution in [3.8, 4) is 6.07 Å². The highest BCUT2D eigenvalue weighted by atomic mass is 15.4. The lowest BCUT2D eigenvalue weighted by atomic mass is 10.3. The van der Waals surface area contributed by atoms with E-state index in [4.69, 9.17) is 5.26 Å². The normalized spacial score (nSPS) is 10.2. The molecule has 0 atom stereocenters. The molecule has 0 saturated heterocycles. The van der Waals surface area contributed by atoms with Crippen LogP contribution in [0.15, 0.2) is 46.9 Å². The number of hydrogen-bond donors (Lipinski definition) is 2. The molecule has 0 amide bonds. The first-order valence-corrected chi connectivity index (χ1v) is 4.55. The average molecular weight is 212 g/mol. The molecule has 1 aromatic heterocycles. The zero-order valence-electron chi connectivity index (χ0n) is 8.25. The molecule has 2 N–H and O–H groups in total. The fourth-order valence-electron chi connectivity index (χ4n) is 1.08. The average Bonchev–Trinajstić information content (AvgIpc) is 2.78. The lowest BCUT2D eigenvalue weighted by Crippen LogP contribution is -1.84. The van der Waals surface area contributed by atoms with Crippen LogP contribution < -0.4 is 5.43 Å². The fourth-order valence-corrected chi connectivity index (χ4v) is 1.08. The highest BCUT2D eigenvalue weighted by Crippen LogP contribution is 2.14. The fraction of sp³-hybridized carbons (Fsp3) is 0. The van der Waals surface area contributed by atoms with Gasteiger partial charge in [0.25, 0.3) is 0 Å². The van der Waals surface area contributed by atoms with E-state index in [1.807, 2.05) is 36.4 Å². The molecule has 6 nitrogen and oxygen atoms in total. The second kappa shape index (κ2) is 4.70. The van der Waals surface area contributed by atoms with E-state index in [0.717, 1.165) is 5.69 Å². The number of rotatable bonds is 3. The number of hydrogen-bond acceptors (Lipinski definition) is 4. The molecule has 78 valence electrons. The van der Waals surface area contributed by atoms with Gasteiger partial charge in [0.2, 0.25) is 0 Å². The summed E-state index contributed by atoms with van der Waals surface area (Å²) in [5.74, 6) is 0.339. The van der Waals surface area contributed by atoms with Crippen LogP contribution in [0.3, 0.4) is 0 Å². The molecule has 1 aromatic carbocycles. The minimum Gasteiger partial charge on any atom is -0.260 e. The number of benzene rings is 1. The summed E-state index contributed by atoms with van der Waals surface area (Å²) in [6.07, 6.45) is 1.40. The van der Waals surface area contributed by atoms with E-state index < -0.39 is 0 Å². The second-order valence-corrected chi connectivity index (χ2v) is 2.92. The molecular weight excluding hydrogens is 204 g/mol. The number of para-hydroxylation sites is 1. The van der Waals surface area contributed by atoms with E-state index in [1.54, 1.807) is 0 Å². The number of nitrogens with zero attached hydrogens (tertiary/aromatic N) is 4. The van der Waals surface area contributed by atoms with Gasteiger partial charge in [0, 0.05) is 0 Å². The van der Waals surface area contributed by atoms with Gasteiger partial charge >= 0.3 is 0 Å². The third-order valence-electron chi connectivity index (χ3n) is 1.84. The number of nitrogens with one attached hydrogen (secondary N) is 2. The Morgan fingerprint density at radius 1 is 1.31 bits per heavy atom. The summed E-state index contributed by atoms with van der Waals surface area (Å²) in [5, 5.41) is 22.5. The van der Waals surface area contributed by atoms with Crippen LogP contribution in [0.4, 0.5) is 11.5 Å². The van der Waals surface area contributed by atoms with Crippen LogP contribution in [0.25, 0.3) is 0 Å². The van der Waals surface area contributed by atoms with Crippen molar-refractivity contribution in [3.63, 3.8) is 0 Å². The Hall–Kier alpha value is -2.68. The van der Waals surface area contributed by atoms with E-state index in [1.165, 1.54) is 6.20 Å². The first-order chi connectivity index (χ1) is 7.90. The molecule has 0 aliphatic heterocycles. The maximum Gasteiger partial charge on any atom is 0.190 e. The van der Waals surface area contributed by atoms with Crippen molar-refractivity contribution in [2.24, 2.45) is 10.3 Å². The second-order valence-electron chi connectivity index (χ2n) is 2.92. The molecule has 16 heavy (non-hydrogen) atoms. The minimum atomic E-state index is 0.339. The zero-order chi connectivity index (χ0) is 11.2. The molecule has 0 aliphatic rings. The van der Waals surface area contributed by atoms with Crippen molar-refractivity contribution in [2.45, 2.75) is 0 Å². The van der Waals surface area contributed by atoms with Crippen molar-refractivity contribution in [1.29, 1.82) is 5.26 Å². The predicted octanol–water partition coefficient (Wildman–Crippen LogP) is 2.39. The van der Waals surface area contributed by atoms with Crippen LogP contribution in [-0.4, -0.2) is 10.2 Å². The van der Waals surface area contributed by atoms with Crippen LogP contribution in [0.5, 0.6) is 0 Å². The van der Waals surface area contributed by atoms with E-state index in [2.05, 4.69) is 26.0 Å². The van der Waals surface area contributed by atoms with Gasteiger partial charge in [-0.3, -0.25) is 10.5 Å². The quantitative estimate of drug-likeness (QED) is 0.604. The Balaban J connectivity index is 2.04. The van der Waals surface area contributed by atoms with Crippen molar-refractivity contribution < 1.29 is 0 Å². The number of aromatic nitrogens is 2. The molecule has 6 heteroatoms.